The molecule has 1 saturated heterocycles. The summed E-state index contributed by atoms with van der Waals surface area (Å²) in [5.41, 5.74) is 3.78. The number of hydrogen-bond donors (Lipinski definition) is 1. The second kappa shape index (κ2) is 8.86. The van der Waals surface area contributed by atoms with Gasteiger partial charge >= 0.3 is 0 Å². The third-order valence-corrected chi connectivity index (χ3v) is 6.64. The number of likely N-dealkylation sites (tertiary alicyclic amines) is 1. The molecule has 0 saturated carbocycles. The van der Waals surface area contributed by atoms with Gasteiger partial charge in [0.25, 0.3) is 0 Å². The Bertz CT molecular complexity index is 846. The Hall–Kier alpha value is -1.55. The lowest BCUT2D eigenvalue weighted by Crippen LogP contribution is -2.41. The third-order valence-electron chi connectivity index (χ3n) is 6.05. The van der Waals surface area contributed by atoms with E-state index in [1.54, 1.807) is 6.07 Å². The summed E-state index contributed by atoms with van der Waals surface area (Å²) in [7, 11) is 0. The van der Waals surface area contributed by atoms with E-state index in [4.69, 9.17) is 23.2 Å². The number of halogens is 2. The number of benzene rings is 2. The van der Waals surface area contributed by atoms with Crippen molar-refractivity contribution in [2.24, 2.45) is 5.92 Å². The van der Waals surface area contributed by atoms with E-state index in [2.05, 4.69) is 34.5 Å². The van der Waals surface area contributed by atoms with Gasteiger partial charge in [-0.1, -0.05) is 53.5 Å². The number of fused-ring (bicyclic) bond motifs is 1. The molecule has 1 amide bonds. The van der Waals surface area contributed by atoms with Crippen molar-refractivity contribution in [3.63, 3.8) is 0 Å². The van der Waals surface area contributed by atoms with Crippen molar-refractivity contribution in [2.75, 3.05) is 13.1 Å². The Balaban J connectivity index is 1.31. The zero-order chi connectivity index (χ0) is 19.5. The minimum atomic E-state index is 0.103. The summed E-state index contributed by atoms with van der Waals surface area (Å²) in [5, 5.41) is 4.70. The molecule has 148 valence electrons. The third kappa shape index (κ3) is 4.53. The van der Waals surface area contributed by atoms with E-state index in [1.807, 2.05) is 12.1 Å². The van der Waals surface area contributed by atoms with Gasteiger partial charge in [-0.25, -0.2) is 0 Å². The molecule has 3 nitrogen and oxygen atoms in total. The van der Waals surface area contributed by atoms with Crippen LogP contribution in [0.5, 0.6) is 0 Å². The zero-order valence-corrected chi connectivity index (χ0v) is 17.5. The van der Waals surface area contributed by atoms with E-state index in [0.717, 1.165) is 57.3 Å². The van der Waals surface area contributed by atoms with E-state index >= 15 is 0 Å². The molecule has 0 aromatic heterocycles. The van der Waals surface area contributed by atoms with Gasteiger partial charge in [0, 0.05) is 22.5 Å². The molecule has 1 aliphatic carbocycles. The van der Waals surface area contributed by atoms with Crippen molar-refractivity contribution in [3.8, 4) is 0 Å². The topological polar surface area (TPSA) is 32.3 Å². The van der Waals surface area contributed by atoms with Crippen molar-refractivity contribution in [1.82, 2.24) is 10.2 Å². The number of nitrogens with one attached hydrogen (secondary N) is 1. The predicted octanol–water partition coefficient (Wildman–Crippen LogP) is 5.40. The van der Waals surface area contributed by atoms with E-state index < -0.39 is 0 Å². The van der Waals surface area contributed by atoms with Crippen LogP contribution in [0.25, 0.3) is 0 Å². The Morgan fingerprint density at radius 3 is 2.64 bits per heavy atom. The maximum absolute atomic E-state index is 12.9. The Kier molecular flexibility index (Phi) is 6.25. The second-order valence-corrected chi connectivity index (χ2v) is 8.78. The molecule has 2 aromatic carbocycles. The fourth-order valence-electron chi connectivity index (χ4n) is 4.44. The van der Waals surface area contributed by atoms with Crippen LogP contribution >= 0.6 is 23.2 Å². The molecule has 1 unspecified atom stereocenters. The number of carbonyl (C=O) groups excluding carboxylic acids is 1. The molecule has 0 spiro atoms. The van der Waals surface area contributed by atoms with Crippen molar-refractivity contribution < 1.29 is 4.79 Å². The van der Waals surface area contributed by atoms with Crippen molar-refractivity contribution >= 4 is 29.1 Å². The summed E-state index contributed by atoms with van der Waals surface area (Å²) in [5.74, 6) is 0.317. The zero-order valence-electron chi connectivity index (χ0n) is 16.0. The molecule has 28 heavy (non-hydrogen) atoms. The quantitative estimate of drug-likeness (QED) is 0.723. The first-order valence-electron chi connectivity index (χ1n) is 10.1. The molecule has 2 aliphatic rings. The van der Waals surface area contributed by atoms with Gasteiger partial charge in [-0.05, 0) is 74.0 Å². The summed E-state index contributed by atoms with van der Waals surface area (Å²) in [6, 6.07) is 14.3. The maximum atomic E-state index is 12.9. The van der Waals surface area contributed by atoms with E-state index in [0.29, 0.717) is 10.0 Å². The molecule has 5 heteroatoms. The number of hydrogen-bond acceptors (Lipinski definition) is 2. The van der Waals surface area contributed by atoms with Crippen molar-refractivity contribution in [1.29, 1.82) is 0 Å². The van der Waals surface area contributed by atoms with Gasteiger partial charge < -0.3 is 5.32 Å². The van der Waals surface area contributed by atoms with Crippen LogP contribution in [0.2, 0.25) is 10.0 Å². The van der Waals surface area contributed by atoms with Gasteiger partial charge in [-0.3, -0.25) is 9.69 Å². The Labute approximate surface area is 177 Å². The molecule has 1 fully saturated rings. The molecule has 1 heterocycles. The van der Waals surface area contributed by atoms with Crippen LogP contribution in [0.3, 0.4) is 0 Å². The van der Waals surface area contributed by atoms with E-state index in [9.17, 15) is 4.79 Å². The fourth-order valence-corrected chi connectivity index (χ4v) is 4.91. The standard InChI is InChI=1S/C23H26Cl2N2O/c24-19-9-8-18(21(25)14-19)15-27-12-10-17(11-13-27)23(28)26-22-7-3-5-16-4-1-2-6-20(16)22/h1-2,4,6,8-9,14,17,22H,3,5,7,10-13,15H2,(H,26,28). The minimum absolute atomic E-state index is 0.103. The highest BCUT2D eigenvalue weighted by atomic mass is 35.5. The Morgan fingerprint density at radius 2 is 1.86 bits per heavy atom. The number of nitrogens with zero attached hydrogens (tertiary/aromatic N) is 1. The first kappa shape index (κ1) is 19.8. The van der Waals surface area contributed by atoms with Gasteiger partial charge in [0.1, 0.15) is 0 Å². The molecule has 4 rings (SSSR count). The first-order valence-corrected chi connectivity index (χ1v) is 10.9. The minimum Gasteiger partial charge on any atom is -0.349 e. The molecule has 2 aromatic rings. The fraction of sp³-hybridized carbons (Fsp3) is 0.435. The second-order valence-electron chi connectivity index (χ2n) is 7.94. The largest absolute Gasteiger partial charge is 0.349 e. The molecule has 1 atom stereocenters. The van der Waals surface area contributed by atoms with Gasteiger partial charge in [-0.2, -0.15) is 0 Å². The summed E-state index contributed by atoms with van der Waals surface area (Å²) in [4.78, 5) is 15.2. The van der Waals surface area contributed by atoms with Crippen LogP contribution in [0.15, 0.2) is 42.5 Å². The van der Waals surface area contributed by atoms with Crippen molar-refractivity contribution in [3.05, 3.63) is 69.2 Å². The first-order chi connectivity index (χ1) is 13.6. The molecular weight excluding hydrogens is 391 g/mol. The SMILES string of the molecule is O=C(NC1CCCc2ccccc21)C1CCN(Cc2ccc(Cl)cc2Cl)CC1. The van der Waals surface area contributed by atoms with Gasteiger partial charge in [0.05, 0.1) is 6.04 Å². The lowest BCUT2D eigenvalue weighted by atomic mass is 9.87. The molecule has 1 N–H and O–H groups in total. The average Bonchev–Trinajstić information content (AvgIpc) is 2.71. The molecular formula is C23H26Cl2N2O. The highest BCUT2D eigenvalue weighted by molar-refractivity contribution is 6.35. The molecule has 0 radical (unpaired) electrons. The lowest BCUT2D eigenvalue weighted by molar-refractivity contribution is -0.127. The van der Waals surface area contributed by atoms with Crippen LogP contribution in [-0.2, 0) is 17.8 Å². The number of amides is 1. The van der Waals surface area contributed by atoms with E-state index in [1.165, 1.54) is 11.1 Å². The summed E-state index contributed by atoms with van der Waals surface area (Å²) in [6.45, 7) is 2.64. The van der Waals surface area contributed by atoms with E-state index in [-0.39, 0.29) is 17.9 Å². The average molecular weight is 417 g/mol. The van der Waals surface area contributed by atoms with Crippen LogP contribution in [-0.4, -0.2) is 23.9 Å². The predicted molar refractivity (Wildman–Crippen MR) is 115 cm³/mol. The molecule has 0 bridgehead atoms. The van der Waals surface area contributed by atoms with Gasteiger partial charge in [0.15, 0.2) is 0 Å². The van der Waals surface area contributed by atoms with Crippen molar-refractivity contribution in [2.45, 2.75) is 44.7 Å². The van der Waals surface area contributed by atoms with Crippen LogP contribution in [0, 0.1) is 5.92 Å². The lowest BCUT2D eigenvalue weighted by Gasteiger charge is -2.33. The van der Waals surface area contributed by atoms with Crippen LogP contribution in [0.4, 0.5) is 0 Å². The number of piperidine rings is 1. The van der Waals surface area contributed by atoms with Gasteiger partial charge in [0.2, 0.25) is 5.91 Å². The Morgan fingerprint density at radius 1 is 1.07 bits per heavy atom. The number of carbonyl (C=O) groups is 1. The summed E-state index contributed by atoms with van der Waals surface area (Å²) < 4.78 is 0. The summed E-state index contributed by atoms with van der Waals surface area (Å²) in [6.07, 6.45) is 5.09. The number of aryl methyl sites for hydroxylation is 1. The summed E-state index contributed by atoms with van der Waals surface area (Å²) >= 11 is 12.3. The highest BCUT2D eigenvalue weighted by Gasteiger charge is 2.28. The monoisotopic (exact) mass is 416 g/mol. The molecule has 1 aliphatic heterocycles. The number of rotatable bonds is 4. The highest BCUT2D eigenvalue weighted by Crippen LogP contribution is 2.31. The maximum Gasteiger partial charge on any atom is 0.223 e. The van der Waals surface area contributed by atoms with Crippen LogP contribution in [0.1, 0.15) is 48.4 Å². The van der Waals surface area contributed by atoms with Crippen LogP contribution < -0.4 is 5.32 Å². The normalized spacial score (nSPS) is 20.6. The van der Waals surface area contributed by atoms with Gasteiger partial charge in [-0.15, -0.1) is 0 Å². The smallest absolute Gasteiger partial charge is 0.223 e.